The first-order valence-electron chi connectivity index (χ1n) is 9.68. The van der Waals surface area contributed by atoms with Crippen LogP contribution in [-0.4, -0.2) is 50.8 Å². The van der Waals surface area contributed by atoms with Crippen LogP contribution < -0.4 is 15.0 Å². The Morgan fingerprint density at radius 1 is 1.00 bits per heavy atom. The van der Waals surface area contributed by atoms with Crippen molar-refractivity contribution in [2.45, 2.75) is 18.3 Å². The number of hydrogen-bond acceptors (Lipinski definition) is 3. The van der Waals surface area contributed by atoms with Gasteiger partial charge in [0.2, 0.25) is 0 Å². The summed E-state index contributed by atoms with van der Waals surface area (Å²) in [5.41, 5.74) is 2.59. The fourth-order valence-electron chi connectivity index (χ4n) is 3.91. The number of carbonyl (C=O) groups is 1. The Hall–Kier alpha value is -2.69. The van der Waals surface area contributed by atoms with Gasteiger partial charge in [0.15, 0.2) is 0 Å². The molecule has 4 rings (SSSR count). The second-order valence-electron chi connectivity index (χ2n) is 7.45. The molecule has 5 heteroatoms. The minimum Gasteiger partial charge on any atom is -0.495 e. The number of rotatable bonds is 5. The van der Waals surface area contributed by atoms with Crippen molar-refractivity contribution in [1.29, 1.82) is 0 Å². The van der Waals surface area contributed by atoms with Crippen molar-refractivity contribution in [2.75, 3.05) is 44.7 Å². The molecule has 2 amide bonds. The van der Waals surface area contributed by atoms with E-state index in [0.717, 1.165) is 57.0 Å². The van der Waals surface area contributed by atoms with E-state index in [9.17, 15) is 4.79 Å². The van der Waals surface area contributed by atoms with Crippen LogP contribution in [0.2, 0.25) is 0 Å². The summed E-state index contributed by atoms with van der Waals surface area (Å²) >= 11 is 0. The Morgan fingerprint density at radius 2 is 1.67 bits per heavy atom. The first-order valence-corrected chi connectivity index (χ1v) is 9.68. The molecule has 0 unspecified atom stereocenters. The van der Waals surface area contributed by atoms with Crippen molar-refractivity contribution in [3.8, 4) is 5.75 Å². The molecule has 2 aliphatic rings. The highest BCUT2D eigenvalue weighted by atomic mass is 16.5. The molecule has 0 aromatic heterocycles. The number of hydrogen-bond donors (Lipinski definition) is 1. The lowest BCUT2D eigenvalue weighted by molar-refractivity contribution is 0.193. The van der Waals surface area contributed by atoms with Crippen molar-refractivity contribution >= 4 is 11.7 Å². The molecule has 1 aliphatic carbocycles. The smallest absolute Gasteiger partial charge is 0.317 e. The van der Waals surface area contributed by atoms with Crippen molar-refractivity contribution in [2.24, 2.45) is 0 Å². The van der Waals surface area contributed by atoms with Gasteiger partial charge in [0.25, 0.3) is 0 Å². The van der Waals surface area contributed by atoms with Crippen LogP contribution in [0.5, 0.6) is 5.75 Å². The van der Waals surface area contributed by atoms with Gasteiger partial charge in [-0.3, -0.25) is 0 Å². The summed E-state index contributed by atoms with van der Waals surface area (Å²) in [7, 11) is 1.70. The van der Waals surface area contributed by atoms with Crippen LogP contribution in [0.15, 0.2) is 54.6 Å². The quantitative estimate of drug-likeness (QED) is 0.885. The lowest BCUT2D eigenvalue weighted by Gasteiger charge is -2.36. The van der Waals surface area contributed by atoms with Crippen LogP contribution >= 0.6 is 0 Å². The number of amides is 2. The van der Waals surface area contributed by atoms with E-state index in [0.29, 0.717) is 0 Å². The maximum Gasteiger partial charge on any atom is 0.317 e. The summed E-state index contributed by atoms with van der Waals surface area (Å²) in [6, 6.07) is 18.6. The van der Waals surface area contributed by atoms with Gasteiger partial charge in [0, 0.05) is 38.1 Å². The third-order valence-corrected chi connectivity index (χ3v) is 5.81. The summed E-state index contributed by atoms with van der Waals surface area (Å²) in [6.07, 6.45) is 2.30. The van der Waals surface area contributed by atoms with Crippen molar-refractivity contribution in [3.63, 3.8) is 0 Å². The normalized spacial score (nSPS) is 18.1. The second-order valence-corrected chi connectivity index (χ2v) is 7.45. The average molecular weight is 365 g/mol. The Morgan fingerprint density at radius 3 is 2.33 bits per heavy atom. The topological polar surface area (TPSA) is 44.8 Å². The third-order valence-electron chi connectivity index (χ3n) is 5.81. The molecular formula is C22H27N3O2. The molecule has 1 aliphatic heterocycles. The van der Waals surface area contributed by atoms with Crippen molar-refractivity contribution in [3.05, 3.63) is 60.2 Å². The molecule has 1 heterocycles. The van der Waals surface area contributed by atoms with Crippen LogP contribution in [-0.2, 0) is 5.41 Å². The largest absolute Gasteiger partial charge is 0.495 e. The van der Waals surface area contributed by atoms with E-state index in [2.05, 4.69) is 40.5 Å². The van der Waals surface area contributed by atoms with Gasteiger partial charge in [0.05, 0.1) is 12.8 Å². The molecule has 1 N–H and O–H groups in total. The molecule has 2 aromatic carbocycles. The molecule has 27 heavy (non-hydrogen) atoms. The summed E-state index contributed by atoms with van der Waals surface area (Å²) in [5.74, 6) is 0.883. The highest BCUT2D eigenvalue weighted by molar-refractivity contribution is 5.75. The Balaban J connectivity index is 1.30. The minimum atomic E-state index is 0.0527. The van der Waals surface area contributed by atoms with Crippen molar-refractivity contribution < 1.29 is 9.53 Å². The fraction of sp³-hybridized carbons (Fsp3) is 0.409. The number of nitrogens with zero attached hydrogens (tertiary/aromatic N) is 2. The Bertz CT molecular complexity index is 781. The summed E-state index contributed by atoms with van der Waals surface area (Å²) in [5, 5.41) is 3.17. The average Bonchev–Trinajstić information content (AvgIpc) is 3.54. The van der Waals surface area contributed by atoms with E-state index >= 15 is 0 Å². The number of urea groups is 1. The molecule has 0 atom stereocenters. The van der Waals surface area contributed by atoms with E-state index in [1.807, 2.05) is 29.2 Å². The summed E-state index contributed by atoms with van der Waals surface area (Å²) < 4.78 is 5.46. The molecule has 2 fully saturated rings. The lowest BCUT2D eigenvalue weighted by Crippen LogP contribution is -2.52. The number of ether oxygens (including phenoxy) is 1. The van der Waals surface area contributed by atoms with Gasteiger partial charge in [-0.2, -0.15) is 0 Å². The highest BCUT2D eigenvalue weighted by Gasteiger charge is 2.44. The first-order chi connectivity index (χ1) is 13.2. The maximum atomic E-state index is 12.6. The Kier molecular flexibility index (Phi) is 4.92. The number of methoxy groups -OCH3 is 1. The number of para-hydroxylation sites is 2. The first kappa shape index (κ1) is 17.7. The Labute approximate surface area is 160 Å². The molecule has 1 saturated heterocycles. The predicted octanol–water partition coefficient (Wildman–Crippen LogP) is 3.26. The van der Waals surface area contributed by atoms with E-state index in [4.69, 9.17) is 4.74 Å². The molecule has 0 radical (unpaired) electrons. The molecule has 2 aromatic rings. The molecular weight excluding hydrogens is 338 g/mol. The van der Waals surface area contributed by atoms with Crippen LogP contribution in [0, 0.1) is 0 Å². The molecule has 1 saturated carbocycles. The van der Waals surface area contributed by atoms with Crippen LogP contribution in [0.4, 0.5) is 10.5 Å². The summed E-state index contributed by atoms with van der Waals surface area (Å²) in [4.78, 5) is 16.9. The van der Waals surface area contributed by atoms with Crippen LogP contribution in [0.1, 0.15) is 18.4 Å². The number of piperazine rings is 1. The van der Waals surface area contributed by atoms with Gasteiger partial charge in [0.1, 0.15) is 5.75 Å². The SMILES string of the molecule is COc1ccccc1N1CCN(C(=O)NCC2(c3ccccc3)CC2)CC1. The van der Waals surface area contributed by atoms with E-state index in [-0.39, 0.29) is 11.4 Å². The van der Waals surface area contributed by atoms with E-state index < -0.39 is 0 Å². The fourth-order valence-corrected chi connectivity index (χ4v) is 3.91. The lowest BCUT2D eigenvalue weighted by atomic mass is 9.96. The maximum absolute atomic E-state index is 12.6. The molecule has 142 valence electrons. The number of nitrogens with one attached hydrogen (secondary N) is 1. The number of carbonyl (C=O) groups excluding carboxylic acids is 1. The van der Waals surface area contributed by atoms with Crippen molar-refractivity contribution in [1.82, 2.24) is 10.2 Å². The third kappa shape index (κ3) is 3.72. The van der Waals surface area contributed by atoms with Gasteiger partial charge >= 0.3 is 6.03 Å². The zero-order valence-electron chi connectivity index (χ0n) is 15.9. The predicted molar refractivity (Wildman–Crippen MR) is 108 cm³/mol. The zero-order chi connectivity index (χ0) is 18.7. The number of benzene rings is 2. The van der Waals surface area contributed by atoms with Crippen LogP contribution in [0.3, 0.4) is 0 Å². The van der Waals surface area contributed by atoms with Crippen LogP contribution in [0.25, 0.3) is 0 Å². The standard InChI is InChI=1S/C22H27N3O2/c1-27-20-10-6-5-9-19(20)24-13-15-25(16-14-24)21(26)23-17-22(11-12-22)18-7-3-2-4-8-18/h2-10H,11-17H2,1H3,(H,23,26). The highest BCUT2D eigenvalue weighted by Crippen LogP contribution is 2.47. The summed E-state index contributed by atoms with van der Waals surface area (Å²) in [6.45, 7) is 3.81. The molecule has 0 bridgehead atoms. The second kappa shape index (κ2) is 7.51. The molecule has 5 nitrogen and oxygen atoms in total. The van der Waals surface area contributed by atoms with Gasteiger partial charge in [-0.25, -0.2) is 4.79 Å². The molecule has 0 spiro atoms. The van der Waals surface area contributed by atoms with Gasteiger partial charge < -0.3 is 19.9 Å². The minimum absolute atomic E-state index is 0.0527. The zero-order valence-corrected chi connectivity index (χ0v) is 15.9. The van der Waals surface area contributed by atoms with E-state index in [1.54, 1.807) is 7.11 Å². The van der Waals surface area contributed by atoms with E-state index in [1.165, 1.54) is 5.56 Å². The monoisotopic (exact) mass is 365 g/mol. The number of anilines is 1. The van der Waals surface area contributed by atoms with Gasteiger partial charge in [-0.05, 0) is 30.5 Å². The van der Waals surface area contributed by atoms with Gasteiger partial charge in [-0.15, -0.1) is 0 Å². The van der Waals surface area contributed by atoms with Gasteiger partial charge in [-0.1, -0.05) is 42.5 Å².